The Balaban J connectivity index is 0.760. The molecule has 3 aromatic carbocycles. The highest BCUT2D eigenvalue weighted by atomic mass is 16.8. The van der Waals surface area contributed by atoms with E-state index in [-0.39, 0.29) is 118 Å². The maximum absolute atomic E-state index is 15.1. The van der Waals surface area contributed by atoms with E-state index in [0.717, 1.165) is 19.3 Å². The largest absolute Gasteiger partial charge is 0.461 e. The molecule has 30 unspecified atom stereocenters. The average Bonchev–Trinajstić information content (AvgIpc) is 1.59. The molecule has 6 amide bonds. The van der Waals surface area contributed by atoms with Gasteiger partial charge in [-0.1, -0.05) is 127 Å². The van der Waals surface area contributed by atoms with Crippen molar-refractivity contribution in [1.82, 2.24) is 30.9 Å². The minimum absolute atomic E-state index is 0.0140. The molecule has 22 fully saturated rings. The van der Waals surface area contributed by atoms with Crippen LogP contribution in [0, 0.1) is 29.6 Å². The van der Waals surface area contributed by atoms with E-state index in [1.807, 2.05) is 0 Å². The number of para-hydroxylation sites is 1. The number of anilines is 2. The first-order chi connectivity index (χ1) is 67.4. The summed E-state index contributed by atoms with van der Waals surface area (Å²) < 4.78 is 78.6. The summed E-state index contributed by atoms with van der Waals surface area (Å²) in [5.74, 6) is -5.27. The fourth-order valence-electron chi connectivity index (χ4n) is 18.6. The monoisotopic (exact) mass is 2000 g/mol. The van der Waals surface area contributed by atoms with Crippen LogP contribution >= 0.6 is 0 Å². The second-order valence-electron chi connectivity index (χ2n) is 38.0. The number of Topliss-reactive ketones (excluding diaryl/α,β-unsaturated/α-hetero) is 2. The first kappa shape index (κ1) is 111. The van der Waals surface area contributed by atoms with Gasteiger partial charge in [0.05, 0.1) is 69.5 Å². The van der Waals surface area contributed by atoms with E-state index < -0.39 is 283 Å². The number of amides is 6. The number of carbonyl (C=O) groups excluding carboxylic acids is 8. The highest BCUT2D eigenvalue weighted by molar-refractivity contribution is 6.02. The summed E-state index contributed by atoms with van der Waals surface area (Å²) in [6, 6.07) is 18.1. The number of aliphatic hydroxyl groups excluding tert-OH is 17. The van der Waals surface area contributed by atoms with Gasteiger partial charge in [0.15, 0.2) is 43.5 Å². The van der Waals surface area contributed by atoms with Gasteiger partial charge in [-0.15, -0.1) is 5.10 Å². The number of benzene rings is 3. The number of nitrogens with zero attached hydrogens (tertiary/aromatic N) is 4. The van der Waals surface area contributed by atoms with Gasteiger partial charge >= 0.3 is 12.0 Å². The highest BCUT2D eigenvalue weighted by Crippen LogP contribution is 2.45. The number of hydrogen-bond acceptors (Lipinski definition) is 40. The van der Waals surface area contributed by atoms with Crippen molar-refractivity contribution in [2.75, 3.05) is 56.3 Å². The van der Waals surface area contributed by atoms with Crippen LogP contribution in [0.5, 0.6) is 0 Å². The van der Waals surface area contributed by atoms with Crippen LogP contribution in [0.3, 0.4) is 0 Å². The molecule has 0 aliphatic carbocycles. The van der Waals surface area contributed by atoms with E-state index in [2.05, 4.69) is 45.4 Å². The number of nitrogens with one attached hydrogen (secondary N) is 4. The van der Waals surface area contributed by atoms with Crippen LogP contribution in [0.15, 0.2) is 72.8 Å². The minimum Gasteiger partial charge on any atom is -0.461 e. The lowest BCUT2D eigenvalue weighted by Crippen LogP contribution is -2.69. The van der Waals surface area contributed by atoms with E-state index in [1.165, 1.54) is 9.58 Å². The summed E-state index contributed by atoms with van der Waals surface area (Å²) >= 11 is 0. The summed E-state index contributed by atoms with van der Waals surface area (Å²) in [5.41, 5.74) is 8.22. The van der Waals surface area contributed by atoms with Crippen molar-refractivity contribution in [3.05, 3.63) is 83.9 Å². The van der Waals surface area contributed by atoms with Gasteiger partial charge in [0.2, 0.25) is 23.6 Å². The van der Waals surface area contributed by atoms with Crippen molar-refractivity contribution >= 4 is 58.6 Å². The van der Waals surface area contributed by atoms with E-state index in [4.69, 9.17) is 67.3 Å². The van der Waals surface area contributed by atoms with Gasteiger partial charge in [-0.05, 0) is 73.3 Å². The molecular weight excluding hydrogens is 1860 g/mol. The number of fused-ring (bicyclic) bond motifs is 5. The predicted octanol–water partition coefficient (Wildman–Crippen LogP) is -3.82. The molecule has 23 N–H and O–H groups in total. The van der Waals surface area contributed by atoms with Gasteiger partial charge < -0.3 is 180 Å². The number of aromatic nitrogens is 3. The minimum atomic E-state index is -2.33. The van der Waals surface area contributed by atoms with Crippen molar-refractivity contribution in [2.24, 2.45) is 35.3 Å². The van der Waals surface area contributed by atoms with Crippen molar-refractivity contribution in [2.45, 2.75) is 341 Å². The van der Waals surface area contributed by atoms with Gasteiger partial charge in [0.1, 0.15) is 165 Å². The highest BCUT2D eigenvalue weighted by Gasteiger charge is 2.60. The van der Waals surface area contributed by atoms with Crippen molar-refractivity contribution in [3.8, 4) is 22.5 Å². The Morgan fingerprint density at radius 2 is 0.887 bits per heavy atom. The first-order valence-corrected chi connectivity index (χ1v) is 48.1. The molecule has 141 heavy (non-hydrogen) atoms. The molecule has 0 saturated carbocycles. The third kappa shape index (κ3) is 27.5. The number of carbonyl (C=O) groups is 8. The Kier molecular flexibility index (Phi) is 40.7. The number of ether oxygens (including phenoxy) is 13. The molecule has 23 aliphatic rings. The number of aliphatic hydroxyl groups is 17. The van der Waals surface area contributed by atoms with Crippen LogP contribution in [-0.2, 0) is 115 Å². The maximum atomic E-state index is 15.1. The number of ketones is 2. The lowest BCUT2D eigenvalue weighted by molar-refractivity contribution is -0.403. The summed E-state index contributed by atoms with van der Waals surface area (Å²) in [6.45, 7) is 5.18. The summed E-state index contributed by atoms with van der Waals surface area (Å²) in [7, 11) is 0. The quantitative estimate of drug-likeness (QED) is 0.0151. The molecule has 23 aliphatic heterocycles. The van der Waals surface area contributed by atoms with E-state index in [1.54, 1.807) is 100 Å². The summed E-state index contributed by atoms with van der Waals surface area (Å²) in [4.78, 5) is 111. The van der Waals surface area contributed by atoms with Crippen LogP contribution in [0.25, 0.3) is 22.5 Å². The summed E-state index contributed by atoms with van der Waals surface area (Å²) in [6.07, 6.45) is -58.7. The first-order valence-electron chi connectivity index (χ1n) is 48.1. The number of urea groups is 1. The number of primary amides is 1. The van der Waals surface area contributed by atoms with Crippen LogP contribution in [-0.4, -0.2) is 385 Å². The normalized spacial score (nSPS) is 33.0. The third-order valence-electron chi connectivity index (χ3n) is 26.6. The van der Waals surface area contributed by atoms with Gasteiger partial charge in [-0.2, -0.15) is 0 Å². The number of nitrogens with two attached hydrogens (primary N) is 1. The fraction of sp³-hybridized carbons (Fsp3) is 0.702. The van der Waals surface area contributed by atoms with Gasteiger partial charge in [0.25, 0.3) is 0 Å². The van der Waals surface area contributed by atoms with Gasteiger partial charge in [-0.25, -0.2) is 9.48 Å². The van der Waals surface area contributed by atoms with Crippen LogP contribution < -0.4 is 31.9 Å². The predicted molar refractivity (Wildman–Crippen MR) is 484 cm³/mol. The zero-order valence-corrected chi connectivity index (χ0v) is 79.2. The number of hydrogen-bond donors (Lipinski definition) is 22. The van der Waals surface area contributed by atoms with Gasteiger partial charge in [0, 0.05) is 73.8 Å². The zero-order chi connectivity index (χ0) is 102. The molecule has 24 heterocycles. The summed E-state index contributed by atoms with van der Waals surface area (Å²) in [5, 5.41) is 217. The molecule has 1 aromatic heterocycles. The molecule has 786 valence electrons. The molecule has 47 heteroatoms. The molecule has 47 nitrogen and oxygen atoms in total. The average molecular weight is 2000 g/mol. The molecular formula is C94H137N9O38. The Morgan fingerprint density at radius 1 is 0.454 bits per heavy atom. The molecule has 0 spiro atoms. The van der Waals surface area contributed by atoms with Gasteiger partial charge in [-0.3, -0.25) is 33.6 Å². The molecule has 0 radical (unpaired) electrons. The molecule has 22 saturated heterocycles. The lowest BCUT2D eigenvalue weighted by atomic mass is 9.88. The molecule has 4 aromatic rings. The SMILES string of the molecule is CC(C)CCCCCC(=O)C[C@H](CCCCNC(=O)CCC(=O)N1Cc2ccccc2-c2nnn(CC3OC4OC5C(CO)OC(OC6C(CO)OC(OC7C(CO)OC(OC8C(CO)OC(OC9C(CO)OC(OC3C(O)C4O)C(O)C9O)C(O)C8O)C(O)C7O)C(O)C6O)C(O)C5O)c2-c2ccccc21)C(=O)N[C@H](C(=O)C[C@@H](CCCNC(N)=O)C(=O)Nc1ccc(COC(=O)C(C)C)cc1)C(C)C. The molecule has 27 rings (SSSR count). The maximum Gasteiger partial charge on any atom is 0.312 e. The Morgan fingerprint density at radius 3 is 1.35 bits per heavy atom. The van der Waals surface area contributed by atoms with Crippen molar-refractivity contribution < 1.29 is 187 Å². The van der Waals surface area contributed by atoms with Crippen LogP contribution in [0.1, 0.15) is 143 Å². The van der Waals surface area contributed by atoms with Crippen LogP contribution in [0.2, 0.25) is 0 Å². The fourth-order valence-corrected chi connectivity index (χ4v) is 18.6. The smallest absolute Gasteiger partial charge is 0.312 e. The molecule has 12 bridgehead atoms. The Labute approximate surface area is 812 Å². The van der Waals surface area contributed by atoms with E-state index in [9.17, 15) is 120 Å². The number of rotatable bonds is 38. The third-order valence-corrected chi connectivity index (χ3v) is 26.6. The molecule has 33 atom stereocenters. The second-order valence-corrected chi connectivity index (χ2v) is 38.0. The topological polar surface area (TPSA) is 709 Å². The number of unbranched alkanes of at least 4 members (excludes halogenated alkanes) is 3. The number of esters is 1. The van der Waals surface area contributed by atoms with Crippen molar-refractivity contribution in [1.29, 1.82) is 0 Å². The Bertz CT molecular complexity index is 4720. The van der Waals surface area contributed by atoms with E-state index >= 15 is 4.79 Å². The standard InChI is InChI=1S/C94H137N9O38/c1-43(2)17-8-7-9-21-51(109)33-47(86(126)99-64(44(3)4)55(110)34-48(20-16-32-97-94(95)128)85(125)98-50-27-25-46(26-28-50)42-129-87(127)45(5)6)18-14-15-31-96-62(111)29-30-63(112)102-35-49-19-10-11-22-52(49)65-66(53-23-12-13-24-54(53)102)103(101-100-65)36-56-79-67(113)73(119)88(130-56)137-80-57(37-104)132-90(75(121)69(80)115)139-82-59(39-106)134-92(77(123)71(82)117)141-84-61(41-108)135-93(78(124)72(84)118)140-83-60(40-107)133-91(76(122)70(83)116)138-81-58(38-105)131-89(136-79)74(120)68(81)114/h10-13,19,22-28,43-45,47-48,56-61,64,67-84,88-93,104-108,113-124H,7-9,14-18,20-21,29-42H2,1-6H3,(H,96,111)(H,98,125)(H,99,126)(H3,95,97,128)/t47-,48+,56?,57?,58?,59?,60?,61?,64-,67?,68?,69?,70?,71?,72?,73?,74?,75?,76?,77?,78?,79?,80?,81?,82?,83?,84?,88?,89?,90?,91?,92?,93?/m0/s1. The van der Waals surface area contributed by atoms with Crippen LogP contribution in [0.4, 0.5) is 16.2 Å². The second kappa shape index (κ2) is 51.6. The zero-order valence-electron chi connectivity index (χ0n) is 79.2. The van der Waals surface area contributed by atoms with E-state index in [0.29, 0.717) is 47.6 Å². The van der Waals surface area contributed by atoms with Crippen molar-refractivity contribution in [3.63, 3.8) is 0 Å². The Hall–Kier alpha value is -8.40. The lowest BCUT2D eigenvalue weighted by Gasteiger charge is -2.50.